The molecule has 0 heterocycles. The zero-order valence-electron chi connectivity index (χ0n) is 10.4. The lowest BCUT2D eigenvalue weighted by atomic mass is 9.39. The normalized spacial score (nSPS) is 36.5. The molecule has 2 aliphatic carbocycles. The smallest absolute Gasteiger partial charge is 0.182 e. The fraction of sp³-hybridized carbons (Fsp3) is 0.333. The molecule has 4 nitrogen and oxygen atoms in total. The highest BCUT2D eigenvalue weighted by Gasteiger charge is 2.74. The van der Waals surface area contributed by atoms with E-state index in [1.54, 1.807) is 36.5 Å². The number of nitriles is 4. The van der Waals surface area contributed by atoms with Gasteiger partial charge in [-0.3, -0.25) is 0 Å². The molecule has 2 aliphatic rings. The number of alkyl halides is 1. The number of allylic oxidation sites excluding steroid dienone is 6. The molecule has 3 atom stereocenters. The summed E-state index contributed by atoms with van der Waals surface area (Å²) in [5.41, 5.74) is -3.31. The van der Waals surface area contributed by atoms with E-state index in [1.807, 2.05) is 24.3 Å². The first kappa shape index (κ1) is 13.9. The Morgan fingerprint density at radius 3 is 1.65 bits per heavy atom. The number of rotatable bonds is 0. The number of hydrogen-bond donors (Lipinski definition) is 0. The van der Waals surface area contributed by atoms with Crippen molar-refractivity contribution in [2.24, 2.45) is 22.7 Å². The average molecular weight is 281 g/mol. The topological polar surface area (TPSA) is 95.2 Å². The van der Waals surface area contributed by atoms with Crippen LogP contribution in [0.3, 0.4) is 0 Å². The minimum absolute atomic E-state index is 0.354. The van der Waals surface area contributed by atoms with E-state index < -0.39 is 22.7 Å². The first-order valence-electron chi connectivity index (χ1n) is 5.94. The summed E-state index contributed by atoms with van der Waals surface area (Å²) < 4.78 is 0. The van der Waals surface area contributed by atoms with Crippen molar-refractivity contribution in [2.45, 2.75) is 5.38 Å². The molecule has 0 aromatic rings. The number of nitrogens with zero attached hydrogens (tertiary/aromatic N) is 4. The maximum atomic E-state index is 9.39. The standard InChI is InChI=1S/C15H9ClN4/c16-11-3-1-2-4-12-13(6-5-11)15(9-19,10-20)14(12,7-17)8-18/h1-6,11-13H/b3-1-,4-2-,6-5-/t11-,12-,13-/m0/s1. The van der Waals surface area contributed by atoms with Gasteiger partial charge in [0, 0.05) is 11.8 Å². The molecule has 1 saturated carbocycles. The molecule has 0 aromatic heterocycles. The van der Waals surface area contributed by atoms with Crippen molar-refractivity contribution in [3.63, 3.8) is 0 Å². The van der Waals surface area contributed by atoms with Crippen LogP contribution in [0, 0.1) is 68.0 Å². The van der Waals surface area contributed by atoms with Gasteiger partial charge in [-0.1, -0.05) is 36.5 Å². The Hall–Kier alpha value is -2.53. The van der Waals surface area contributed by atoms with Gasteiger partial charge in [-0.2, -0.15) is 21.0 Å². The summed E-state index contributed by atoms with van der Waals surface area (Å²) in [4.78, 5) is 0. The molecule has 0 aromatic carbocycles. The van der Waals surface area contributed by atoms with E-state index in [1.165, 1.54) is 0 Å². The zero-order chi connectivity index (χ0) is 14.8. The molecule has 0 N–H and O–H groups in total. The molecule has 0 radical (unpaired) electrons. The second-order valence-corrected chi connectivity index (χ2v) is 5.22. The summed E-state index contributed by atoms with van der Waals surface area (Å²) in [6, 6.07) is 7.55. The van der Waals surface area contributed by atoms with Gasteiger partial charge in [-0.05, 0) is 0 Å². The molecule has 96 valence electrons. The fourth-order valence-corrected chi connectivity index (χ4v) is 3.01. The Labute approximate surface area is 122 Å². The van der Waals surface area contributed by atoms with Crippen LogP contribution in [0.2, 0.25) is 0 Å². The van der Waals surface area contributed by atoms with Crippen LogP contribution in [-0.4, -0.2) is 5.38 Å². The molecule has 0 saturated heterocycles. The van der Waals surface area contributed by atoms with Crippen molar-refractivity contribution in [1.82, 2.24) is 0 Å². The number of fused-ring (bicyclic) bond motifs is 1. The van der Waals surface area contributed by atoms with E-state index in [-0.39, 0.29) is 5.38 Å². The van der Waals surface area contributed by atoms with E-state index >= 15 is 0 Å². The highest BCUT2D eigenvalue weighted by molar-refractivity contribution is 6.23. The second kappa shape index (κ2) is 4.86. The molecule has 0 unspecified atom stereocenters. The molecule has 0 amide bonds. The summed E-state index contributed by atoms with van der Waals surface area (Å²) in [6.45, 7) is 0. The van der Waals surface area contributed by atoms with Crippen LogP contribution >= 0.6 is 11.6 Å². The highest BCUT2D eigenvalue weighted by Crippen LogP contribution is 2.65. The van der Waals surface area contributed by atoms with Gasteiger partial charge in [-0.25, -0.2) is 0 Å². The average Bonchev–Trinajstić information content (AvgIpc) is 2.54. The molecule has 0 spiro atoms. The van der Waals surface area contributed by atoms with Gasteiger partial charge < -0.3 is 0 Å². The van der Waals surface area contributed by atoms with Gasteiger partial charge in [0.25, 0.3) is 0 Å². The molecular formula is C15H9ClN4. The number of halogens is 1. The van der Waals surface area contributed by atoms with Crippen LogP contribution in [0.25, 0.3) is 0 Å². The van der Waals surface area contributed by atoms with E-state index in [9.17, 15) is 21.0 Å². The quantitative estimate of drug-likeness (QED) is 0.503. The first-order chi connectivity index (χ1) is 9.61. The maximum Gasteiger partial charge on any atom is 0.182 e. The van der Waals surface area contributed by atoms with Gasteiger partial charge in [0.1, 0.15) is 0 Å². The molecule has 1 fully saturated rings. The second-order valence-electron chi connectivity index (χ2n) is 4.71. The Kier molecular flexibility index (Phi) is 3.38. The minimum Gasteiger partial charge on any atom is -0.196 e. The Morgan fingerprint density at radius 1 is 0.700 bits per heavy atom. The number of hydrogen-bond acceptors (Lipinski definition) is 4. The van der Waals surface area contributed by atoms with Crippen molar-refractivity contribution in [3.8, 4) is 24.3 Å². The minimum atomic E-state index is -1.66. The van der Waals surface area contributed by atoms with Gasteiger partial charge in [0.05, 0.1) is 29.7 Å². The highest BCUT2D eigenvalue weighted by atomic mass is 35.5. The van der Waals surface area contributed by atoms with Gasteiger partial charge in [0.15, 0.2) is 10.8 Å². The summed E-state index contributed by atoms with van der Waals surface area (Å²) in [5, 5.41) is 37.2. The summed E-state index contributed by atoms with van der Waals surface area (Å²) in [7, 11) is 0. The molecule has 5 heteroatoms. The monoisotopic (exact) mass is 280 g/mol. The lowest BCUT2D eigenvalue weighted by molar-refractivity contribution is 0.00685. The van der Waals surface area contributed by atoms with Crippen LogP contribution in [0.4, 0.5) is 0 Å². The van der Waals surface area contributed by atoms with Gasteiger partial charge >= 0.3 is 0 Å². The van der Waals surface area contributed by atoms with E-state index in [0.717, 1.165) is 0 Å². The van der Waals surface area contributed by atoms with Gasteiger partial charge in [-0.15, -0.1) is 11.6 Å². The van der Waals surface area contributed by atoms with Gasteiger partial charge in [0.2, 0.25) is 0 Å². The lowest BCUT2D eigenvalue weighted by Gasteiger charge is -2.53. The third kappa shape index (κ3) is 1.50. The summed E-state index contributed by atoms with van der Waals surface area (Å²) >= 11 is 6.02. The summed E-state index contributed by atoms with van der Waals surface area (Å²) in [5.74, 6) is -1.02. The third-order valence-corrected chi connectivity index (χ3v) is 4.23. The van der Waals surface area contributed by atoms with Crippen molar-refractivity contribution >= 4 is 11.6 Å². The van der Waals surface area contributed by atoms with Crippen LogP contribution in [0.1, 0.15) is 0 Å². The Morgan fingerprint density at radius 2 is 1.15 bits per heavy atom. The van der Waals surface area contributed by atoms with E-state index in [4.69, 9.17) is 11.6 Å². The zero-order valence-corrected chi connectivity index (χ0v) is 11.1. The molecular weight excluding hydrogens is 272 g/mol. The Balaban J connectivity index is 2.63. The van der Waals surface area contributed by atoms with E-state index in [2.05, 4.69) is 0 Å². The predicted molar refractivity (Wildman–Crippen MR) is 71.4 cm³/mol. The van der Waals surface area contributed by atoms with Crippen molar-refractivity contribution in [3.05, 3.63) is 36.5 Å². The predicted octanol–water partition coefficient (Wildman–Crippen LogP) is 2.59. The fourth-order valence-electron chi connectivity index (χ4n) is 2.84. The molecule has 0 aliphatic heterocycles. The first-order valence-corrected chi connectivity index (χ1v) is 6.38. The van der Waals surface area contributed by atoms with Crippen molar-refractivity contribution in [2.75, 3.05) is 0 Å². The van der Waals surface area contributed by atoms with E-state index in [0.29, 0.717) is 0 Å². The largest absolute Gasteiger partial charge is 0.196 e. The molecule has 2 rings (SSSR count). The van der Waals surface area contributed by atoms with Crippen molar-refractivity contribution in [1.29, 1.82) is 21.0 Å². The lowest BCUT2D eigenvalue weighted by Crippen LogP contribution is -2.62. The molecule has 20 heavy (non-hydrogen) atoms. The van der Waals surface area contributed by atoms with Crippen molar-refractivity contribution < 1.29 is 0 Å². The van der Waals surface area contributed by atoms with Crippen LogP contribution in [-0.2, 0) is 0 Å². The Bertz CT molecular complexity index is 647. The summed E-state index contributed by atoms with van der Waals surface area (Å²) in [6.07, 6.45) is 10.2. The SMILES string of the molecule is N#CC1(C#N)[C@H]2/C=C\C=C/[C@H](Cl)/C=C\[C@@H]2C1(C#N)C#N. The third-order valence-electron chi connectivity index (χ3n) is 3.94. The maximum absolute atomic E-state index is 9.39. The van der Waals surface area contributed by atoms with Crippen LogP contribution in [0.15, 0.2) is 36.5 Å². The van der Waals surface area contributed by atoms with Crippen LogP contribution in [0.5, 0.6) is 0 Å². The van der Waals surface area contributed by atoms with Crippen LogP contribution < -0.4 is 0 Å². The molecule has 0 bridgehead atoms.